The van der Waals surface area contributed by atoms with E-state index >= 15 is 0 Å². The number of benzene rings is 3. The molecular formula is C26H24N2O4. The van der Waals surface area contributed by atoms with E-state index in [4.69, 9.17) is 9.84 Å². The highest BCUT2D eigenvalue weighted by Crippen LogP contribution is 2.29. The minimum absolute atomic E-state index is 0.170. The molecule has 0 aliphatic carbocycles. The molecule has 162 valence electrons. The van der Waals surface area contributed by atoms with E-state index in [1.165, 1.54) is 0 Å². The van der Waals surface area contributed by atoms with Crippen molar-refractivity contribution >= 4 is 5.97 Å². The summed E-state index contributed by atoms with van der Waals surface area (Å²) < 4.78 is 6.96. The SMILES string of the molecule is COc1ccc(C(Cc2cc(-c3ccc(C)cc3)n(-c3ccc(O)cc3)n2)C(=O)O)cc1. The van der Waals surface area contributed by atoms with Gasteiger partial charge in [0, 0.05) is 12.0 Å². The normalized spacial score (nSPS) is 11.8. The van der Waals surface area contributed by atoms with Gasteiger partial charge in [0.25, 0.3) is 0 Å². The summed E-state index contributed by atoms with van der Waals surface area (Å²) in [5, 5.41) is 24.3. The van der Waals surface area contributed by atoms with Crippen LogP contribution in [0.5, 0.6) is 11.5 Å². The van der Waals surface area contributed by atoms with Crippen molar-refractivity contribution in [3.8, 4) is 28.4 Å². The molecule has 1 unspecified atom stereocenters. The van der Waals surface area contributed by atoms with E-state index < -0.39 is 11.9 Å². The van der Waals surface area contributed by atoms with Gasteiger partial charge >= 0.3 is 5.97 Å². The first-order valence-electron chi connectivity index (χ1n) is 10.3. The Labute approximate surface area is 186 Å². The lowest BCUT2D eigenvalue weighted by molar-refractivity contribution is -0.138. The third-order valence-electron chi connectivity index (χ3n) is 5.43. The van der Waals surface area contributed by atoms with Crippen LogP contribution in [0.15, 0.2) is 78.9 Å². The first-order chi connectivity index (χ1) is 15.4. The standard InChI is InChI=1S/C26H24N2O4/c1-17-3-5-19(6-4-17)25-16-20(27-28(25)21-9-11-22(29)12-10-21)15-24(26(30)31)18-7-13-23(32-2)14-8-18/h3-14,16,24,29H,15H2,1-2H3,(H,30,31). The van der Waals surface area contributed by atoms with Crippen molar-refractivity contribution in [2.24, 2.45) is 0 Å². The van der Waals surface area contributed by atoms with Crippen molar-refractivity contribution in [1.82, 2.24) is 9.78 Å². The van der Waals surface area contributed by atoms with Crippen LogP contribution in [-0.4, -0.2) is 33.1 Å². The molecule has 1 heterocycles. The van der Waals surface area contributed by atoms with Crippen molar-refractivity contribution in [3.05, 3.63) is 95.7 Å². The number of carboxylic acid groups (broad SMARTS) is 1. The summed E-state index contributed by atoms with van der Waals surface area (Å²) in [4.78, 5) is 12.1. The molecule has 4 rings (SSSR count). The zero-order valence-corrected chi connectivity index (χ0v) is 17.9. The highest BCUT2D eigenvalue weighted by Gasteiger charge is 2.23. The number of nitrogens with zero attached hydrogens (tertiary/aromatic N) is 2. The van der Waals surface area contributed by atoms with E-state index in [0.29, 0.717) is 17.0 Å². The number of carbonyl (C=O) groups is 1. The number of aliphatic carboxylic acids is 1. The van der Waals surface area contributed by atoms with Crippen LogP contribution in [0.1, 0.15) is 22.7 Å². The topological polar surface area (TPSA) is 84.6 Å². The largest absolute Gasteiger partial charge is 0.508 e. The molecule has 0 saturated carbocycles. The molecule has 1 aromatic heterocycles. The number of phenols is 1. The van der Waals surface area contributed by atoms with Gasteiger partial charge < -0.3 is 14.9 Å². The van der Waals surface area contributed by atoms with Gasteiger partial charge in [0.15, 0.2) is 0 Å². The lowest BCUT2D eigenvalue weighted by atomic mass is 9.94. The number of aromatic hydroxyl groups is 1. The number of aromatic nitrogens is 2. The summed E-state index contributed by atoms with van der Waals surface area (Å²) in [6.45, 7) is 2.03. The number of hydrogen-bond donors (Lipinski definition) is 2. The summed E-state index contributed by atoms with van der Waals surface area (Å²) in [5.74, 6) is -0.805. The molecule has 2 N–H and O–H groups in total. The van der Waals surface area contributed by atoms with Gasteiger partial charge in [0.2, 0.25) is 0 Å². The lowest BCUT2D eigenvalue weighted by Crippen LogP contribution is -2.15. The van der Waals surface area contributed by atoms with Crippen molar-refractivity contribution in [2.75, 3.05) is 7.11 Å². The summed E-state index contributed by atoms with van der Waals surface area (Å²) in [7, 11) is 1.58. The Morgan fingerprint density at radius 1 is 1.00 bits per heavy atom. The molecule has 0 saturated heterocycles. The third kappa shape index (κ3) is 4.49. The Morgan fingerprint density at radius 2 is 1.66 bits per heavy atom. The Kier molecular flexibility index (Phi) is 5.94. The molecular weight excluding hydrogens is 404 g/mol. The molecule has 0 fully saturated rings. The molecule has 0 aliphatic heterocycles. The number of phenolic OH excluding ortho intramolecular Hbond substituents is 1. The van der Waals surface area contributed by atoms with Gasteiger partial charge in [0.05, 0.1) is 30.1 Å². The van der Waals surface area contributed by atoms with Crippen molar-refractivity contribution in [3.63, 3.8) is 0 Å². The molecule has 0 bridgehead atoms. The fourth-order valence-corrected chi connectivity index (χ4v) is 3.64. The average molecular weight is 428 g/mol. The molecule has 0 aliphatic rings. The smallest absolute Gasteiger partial charge is 0.311 e. The van der Waals surface area contributed by atoms with E-state index in [1.54, 1.807) is 60.3 Å². The van der Waals surface area contributed by atoms with Crippen LogP contribution in [0.3, 0.4) is 0 Å². The van der Waals surface area contributed by atoms with Gasteiger partial charge in [-0.25, -0.2) is 4.68 Å². The van der Waals surface area contributed by atoms with E-state index in [1.807, 2.05) is 37.3 Å². The van der Waals surface area contributed by atoms with Gasteiger partial charge in [-0.2, -0.15) is 5.10 Å². The summed E-state index contributed by atoms with van der Waals surface area (Å²) in [6, 6.07) is 23.9. The second kappa shape index (κ2) is 8.98. The van der Waals surface area contributed by atoms with Crippen LogP contribution in [0.4, 0.5) is 0 Å². The fourth-order valence-electron chi connectivity index (χ4n) is 3.64. The minimum atomic E-state index is -0.911. The van der Waals surface area contributed by atoms with Gasteiger partial charge in [-0.05, 0) is 55.0 Å². The van der Waals surface area contributed by atoms with Crippen LogP contribution in [0, 0.1) is 6.92 Å². The second-order valence-electron chi connectivity index (χ2n) is 7.68. The number of carboxylic acids is 1. The highest BCUT2D eigenvalue weighted by atomic mass is 16.5. The molecule has 6 nitrogen and oxygen atoms in total. The summed E-state index contributed by atoms with van der Waals surface area (Å²) in [6.07, 6.45) is 0.242. The molecule has 0 spiro atoms. The maximum atomic E-state index is 12.1. The Morgan fingerprint density at radius 3 is 2.25 bits per heavy atom. The van der Waals surface area contributed by atoms with Crippen molar-refractivity contribution in [2.45, 2.75) is 19.3 Å². The zero-order valence-electron chi connectivity index (χ0n) is 17.9. The number of hydrogen-bond acceptors (Lipinski definition) is 4. The summed E-state index contributed by atoms with van der Waals surface area (Å²) in [5.41, 5.74) is 5.10. The van der Waals surface area contributed by atoms with Gasteiger partial charge in [-0.1, -0.05) is 42.0 Å². The molecule has 0 radical (unpaired) electrons. The van der Waals surface area contributed by atoms with Gasteiger partial charge in [-0.3, -0.25) is 4.79 Å². The van der Waals surface area contributed by atoms with Crippen LogP contribution < -0.4 is 4.74 Å². The average Bonchev–Trinajstić information content (AvgIpc) is 3.22. The number of methoxy groups -OCH3 is 1. The monoisotopic (exact) mass is 428 g/mol. The van der Waals surface area contributed by atoms with E-state index in [2.05, 4.69) is 0 Å². The first kappa shape index (κ1) is 21.2. The molecule has 3 aromatic carbocycles. The Bertz CT molecular complexity index is 1150. The third-order valence-corrected chi connectivity index (χ3v) is 5.43. The maximum Gasteiger partial charge on any atom is 0.311 e. The molecule has 4 aromatic rings. The van der Waals surface area contributed by atoms with E-state index in [0.717, 1.165) is 22.5 Å². The van der Waals surface area contributed by atoms with Gasteiger partial charge in [-0.15, -0.1) is 0 Å². The number of ether oxygens (including phenoxy) is 1. The molecule has 0 amide bonds. The molecule has 1 atom stereocenters. The zero-order chi connectivity index (χ0) is 22.7. The Hall–Kier alpha value is -4.06. The predicted molar refractivity (Wildman–Crippen MR) is 122 cm³/mol. The van der Waals surface area contributed by atoms with E-state index in [-0.39, 0.29) is 12.2 Å². The van der Waals surface area contributed by atoms with Crippen molar-refractivity contribution < 1.29 is 19.7 Å². The van der Waals surface area contributed by atoms with Crippen LogP contribution in [0.2, 0.25) is 0 Å². The number of rotatable bonds is 7. The fraction of sp³-hybridized carbons (Fsp3) is 0.154. The quantitative estimate of drug-likeness (QED) is 0.434. The summed E-state index contributed by atoms with van der Waals surface area (Å²) >= 11 is 0. The van der Waals surface area contributed by atoms with Crippen LogP contribution in [0.25, 0.3) is 16.9 Å². The van der Waals surface area contributed by atoms with Crippen LogP contribution >= 0.6 is 0 Å². The first-order valence-corrected chi connectivity index (χ1v) is 10.3. The Balaban J connectivity index is 1.74. The number of aryl methyl sites for hydroxylation is 1. The minimum Gasteiger partial charge on any atom is -0.508 e. The van der Waals surface area contributed by atoms with Crippen LogP contribution in [-0.2, 0) is 11.2 Å². The lowest BCUT2D eigenvalue weighted by Gasteiger charge is -2.12. The second-order valence-corrected chi connectivity index (χ2v) is 7.68. The van der Waals surface area contributed by atoms with Crippen molar-refractivity contribution in [1.29, 1.82) is 0 Å². The van der Waals surface area contributed by atoms with Gasteiger partial charge in [0.1, 0.15) is 11.5 Å². The van der Waals surface area contributed by atoms with E-state index in [9.17, 15) is 15.0 Å². The highest BCUT2D eigenvalue weighted by molar-refractivity contribution is 5.76. The molecule has 6 heteroatoms. The predicted octanol–water partition coefficient (Wildman–Crippen LogP) is 4.97. The maximum absolute atomic E-state index is 12.1. The molecule has 32 heavy (non-hydrogen) atoms.